The van der Waals surface area contributed by atoms with Gasteiger partial charge in [-0.2, -0.15) is 0 Å². The zero-order valence-corrected chi connectivity index (χ0v) is 17.3. The molecular weight excluding hydrogens is 420 g/mol. The van der Waals surface area contributed by atoms with Gasteiger partial charge in [0, 0.05) is 12.8 Å². The maximum absolute atomic E-state index is 13.9. The predicted octanol–water partition coefficient (Wildman–Crippen LogP) is 4.29. The first-order valence-electron chi connectivity index (χ1n) is 9.11. The van der Waals surface area contributed by atoms with Crippen molar-refractivity contribution in [2.24, 2.45) is 0 Å². The number of benzene rings is 2. The summed E-state index contributed by atoms with van der Waals surface area (Å²) in [7, 11) is 1.27. The fourth-order valence-electron chi connectivity index (χ4n) is 3.33. The van der Waals surface area contributed by atoms with E-state index in [1.165, 1.54) is 24.1 Å². The molecule has 1 amide bonds. The molecule has 0 saturated carbocycles. The maximum atomic E-state index is 13.9. The van der Waals surface area contributed by atoms with Gasteiger partial charge in [0.1, 0.15) is 12.1 Å². The van der Waals surface area contributed by atoms with Gasteiger partial charge in [-0.05, 0) is 36.2 Å². The molecule has 0 bridgehead atoms. The molecule has 1 saturated heterocycles. The van der Waals surface area contributed by atoms with Crippen LogP contribution in [0.2, 0.25) is 10.0 Å². The Balaban J connectivity index is 1.67. The molecule has 5 nitrogen and oxygen atoms in total. The van der Waals surface area contributed by atoms with E-state index in [1.54, 1.807) is 30.3 Å². The van der Waals surface area contributed by atoms with Crippen LogP contribution < -0.4 is 4.74 Å². The average Bonchev–Trinajstić information content (AvgIpc) is 3.14. The number of methoxy groups -OCH3 is 1. The molecule has 3 rings (SSSR count). The highest BCUT2D eigenvalue weighted by Crippen LogP contribution is 2.27. The Morgan fingerprint density at radius 2 is 1.93 bits per heavy atom. The van der Waals surface area contributed by atoms with E-state index in [1.807, 2.05) is 0 Å². The number of carbonyl (C=O) groups is 2. The highest BCUT2D eigenvalue weighted by atomic mass is 35.5. The molecule has 0 spiro atoms. The van der Waals surface area contributed by atoms with E-state index in [2.05, 4.69) is 0 Å². The number of aryl methyl sites for hydroxylation is 1. The Morgan fingerprint density at radius 3 is 2.62 bits per heavy atom. The number of carbonyl (C=O) groups excluding carboxylic acids is 2. The lowest BCUT2D eigenvalue weighted by molar-refractivity contribution is -0.150. The molecule has 1 aliphatic heterocycles. The molecule has 1 fully saturated rings. The summed E-state index contributed by atoms with van der Waals surface area (Å²) in [5, 5.41) is 0.865. The van der Waals surface area contributed by atoms with Crippen LogP contribution in [-0.4, -0.2) is 42.6 Å². The van der Waals surface area contributed by atoms with Crippen LogP contribution in [0.1, 0.15) is 18.4 Å². The van der Waals surface area contributed by atoms with Crippen molar-refractivity contribution in [1.82, 2.24) is 4.90 Å². The molecule has 2 unspecified atom stereocenters. The number of halogens is 3. The van der Waals surface area contributed by atoms with E-state index in [9.17, 15) is 14.0 Å². The summed E-state index contributed by atoms with van der Waals surface area (Å²) in [6.45, 7) is 0.175. The van der Waals surface area contributed by atoms with E-state index in [4.69, 9.17) is 32.7 Å². The minimum absolute atomic E-state index is 0.0891. The van der Waals surface area contributed by atoms with Gasteiger partial charge in [0.05, 0.1) is 23.7 Å². The molecule has 0 aliphatic carbocycles. The number of likely N-dealkylation sites (tertiary alicyclic amines) is 1. The fraction of sp³-hybridized carbons (Fsp3) is 0.333. The van der Waals surface area contributed by atoms with Crippen LogP contribution in [0.3, 0.4) is 0 Å². The van der Waals surface area contributed by atoms with Gasteiger partial charge >= 0.3 is 5.97 Å². The third-order valence-corrected chi connectivity index (χ3v) is 5.54. The van der Waals surface area contributed by atoms with Crippen molar-refractivity contribution in [2.45, 2.75) is 31.4 Å². The maximum Gasteiger partial charge on any atom is 0.328 e. The lowest BCUT2D eigenvalue weighted by Crippen LogP contribution is -2.41. The van der Waals surface area contributed by atoms with Gasteiger partial charge in [0.25, 0.3) is 0 Å². The van der Waals surface area contributed by atoms with E-state index in [0.717, 1.165) is 5.56 Å². The Hall–Kier alpha value is -2.31. The van der Waals surface area contributed by atoms with E-state index in [0.29, 0.717) is 16.5 Å². The van der Waals surface area contributed by atoms with Crippen molar-refractivity contribution in [3.63, 3.8) is 0 Å². The van der Waals surface area contributed by atoms with Crippen LogP contribution in [0.15, 0.2) is 42.5 Å². The normalized spacial score (nSPS) is 18.6. The van der Waals surface area contributed by atoms with Crippen LogP contribution in [-0.2, 0) is 20.7 Å². The smallest absolute Gasteiger partial charge is 0.328 e. The Labute approximate surface area is 178 Å². The zero-order chi connectivity index (χ0) is 21.0. The standard InChI is InChI=1S/C21H20Cl2FNO4/c1-28-21(27)18-11-14(29-19-5-3-2-4-17(19)24)12-25(18)20(26)9-7-13-6-8-15(22)16(23)10-13/h2-6,8,10,14,18H,7,9,11-12H2,1H3. The lowest BCUT2D eigenvalue weighted by Gasteiger charge is -2.22. The number of nitrogens with zero attached hydrogens (tertiary/aromatic N) is 1. The minimum atomic E-state index is -0.766. The van der Waals surface area contributed by atoms with E-state index >= 15 is 0 Å². The van der Waals surface area contributed by atoms with Gasteiger partial charge in [0.2, 0.25) is 5.91 Å². The number of hydrogen-bond acceptors (Lipinski definition) is 4. The lowest BCUT2D eigenvalue weighted by atomic mass is 10.1. The largest absolute Gasteiger partial charge is 0.485 e. The van der Waals surface area contributed by atoms with Gasteiger partial charge in [-0.15, -0.1) is 0 Å². The third-order valence-electron chi connectivity index (χ3n) is 4.80. The Kier molecular flexibility index (Phi) is 6.98. The second-order valence-electron chi connectivity index (χ2n) is 6.74. The molecule has 0 N–H and O–H groups in total. The van der Waals surface area contributed by atoms with Crippen molar-refractivity contribution in [2.75, 3.05) is 13.7 Å². The van der Waals surface area contributed by atoms with Crippen molar-refractivity contribution < 1.29 is 23.5 Å². The van der Waals surface area contributed by atoms with Gasteiger partial charge in [0.15, 0.2) is 11.6 Å². The first-order valence-corrected chi connectivity index (χ1v) is 9.87. The predicted molar refractivity (Wildman–Crippen MR) is 108 cm³/mol. The van der Waals surface area contributed by atoms with E-state index < -0.39 is 23.9 Å². The third kappa shape index (κ3) is 5.19. The summed E-state index contributed by atoms with van der Waals surface area (Å²) in [5.41, 5.74) is 0.862. The highest BCUT2D eigenvalue weighted by molar-refractivity contribution is 6.42. The van der Waals surface area contributed by atoms with Crippen LogP contribution in [0.5, 0.6) is 5.75 Å². The molecule has 154 valence electrons. The quantitative estimate of drug-likeness (QED) is 0.630. The molecule has 8 heteroatoms. The number of esters is 1. The SMILES string of the molecule is COC(=O)C1CC(Oc2ccccc2F)CN1C(=O)CCc1ccc(Cl)c(Cl)c1. The summed E-state index contributed by atoms with van der Waals surface area (Å²) >= 11 is 11.9. The first kappa shape index (κ1) is 21.4. The molecule has 2 atom stereocenters. The average molecular weight is 440 g/mol. The monoisotopic (exact) mass is 439 g/mol. The van der Waals surface area contributed by atoms with Crippen LogP contribution in [0.4, 0.5) is 4.39 Å². The number of amides is 1. The van der Waals surface area contributed by atoms with Crippen molar-refractivity contribution in [3.05, 3.63) is 63.9 Å². The molecule has 0 aromatic heterocycles. The summed E-state index contributed by atoms with van der Waals surface area (Å²) < 4.78 is 24.4. The zero-order valence-electron chi connectivity index (χ0n) is 15.7. The summed E-state index contributed by atoms with van der Waals surface area (Å²) in [5.74, 6) is -1.14. The molecule has 0 radical (unpaired) electrons. The summed E-state index contributed by atoms with van der Waals surface area (Å²) in [4.78, 5) is 26.4. The molecule has 2 aromatic rings. The molecule has 2 aromatic carbocycles. The van der Waals surface area contributed by atoms with Crippen molar-refractivity contribution in [1.29, 1.82) is 0 Å². The Bertz CT molecular complexity index is 908. The van der Waals surface area contributed by atoms with Gasteiger partial charge in [-0.25, -0.2) is 9.18 Å². The molecular formula is C21H20Cl2FNO4. The molecule has 1 heterocycles. The molecule has 1 aliphatic rings. The van der Waals surface area contributed by atoms with Crippen LogP contribution >= 0.6 is 23.2 Å². The summed E-state index contributed by atoms with van der Waals surface area (Å²) in [6, 6.07) is 10.4. The summed E-state index contributed by atoms with van der Waals surface area (Å²) in [6.07, 6.45) is 0.348. The second-order valence-corrected chi connectivity index (χ2v) is 7.55. The number of hydrogen-bond donors (Lipinski definition) is 0. The minimum Gasteiger partial charge on any atom is -0.485 e. The van der Waals surface area contributed by atoms with Gasteiger partial charge in [-0.1, -0.05) is 41.4 Å². The van der Waals surface area contributed by atoms with Crippen molar-refractivity contribution >= 4 is 35.1 Å². The molecule has 29 heavy (non-hydrogen) atoms. The van der Waals surface area contributed by atoms with Crippen molar-refractivity contribution in [3.8, 4) is 5.75 Å². The number of para-hydroxylation sites is 1. The van der Waals surface area contributed by atoms with Gasteiger partial charge in [-0.3, -0.25) is 4.79 Å². The Morgan fingerprint density at radius 1 is 1.17 bits per heavy atom. The van der Waals surface area contributed by atoms with E-state index in [-0.39, 0.29) is 31.0 Å². The first-order chi connectivity index (χ1) is 13.9. The van der Waals surface area contributed by atoms with Crippen LogP contribution in [0.25, 0.3) is 0 Å². The topological polar surface area (TPSA) is 55.8 Å². The fourth-order valence-corrected chi connectivity index (χ4v) is 3.65. The number of rotatable bonds is 6. The van der Waals surface area contributed by atoms with Gasteiger partial charge < -0.3 is 14.4 Å². The number of ether oxygens (including phenoxy) is 2. The highest BCUT2D eigenvalue weighted by Gasteiger charge is 2.41. The van der Waals surface area contributed by atoms with Crippen LogP contribution in [0, 0.1) is 5.82 Å². The second kappa shape index (κ2) is 9.46.